The van der Waals surface area contributed by atoms with Crippen molar-refractivity contribution in [3.8, 4) is 0 Å². The van der Waals surface area contributed by atoms with Crippen molar-refractivity contribution in [2.45, 2.75) is 6.54 Å². The molecule has 3 rings (SSSR count). The normalized spacial score (nSPS) is 10.8. The summed E-state index contributed by atoms with van der Waals surface area (Å²) in [7, 11) is 0. The van der Waals surface area contributed by atoms with Crippen LogP contribution >= 0.6 is 11.3 Å². The molecule has 0 aliphatic rings. The number of nitrogen functional groups attached to an aromatic ring is 1. The standard InChI is InChI=1S/C12H12N4S/c13-10-4-8-6-15-16-11(8)5-12(10)14-7-9-2-1-3-17-9/h1-6,14H,7,13H2,(H,15,16). The summed E-state index contributed by atoms with van der Waals surface area (Å²) in [6.45, 7) is 0.793. The SMILES string of the molecule is Nc1cc2cn[nH]c2cc1NCc1cccs1. The van der Waals surface area contributed by atoms with Gasteiger partial charge >= 0.3 is 0 Å². The zero-order valence-electron chi connectivity index (χ0n) is 9.10. The summed E-state index contributed by atoms with van der Waals surface area (Å²) >= 11 is 1.73. The van der Waals surface area contributed by atoms with Gasteiger partial charge in [-0.25, -0.2) is 0 Å². The second-order valence-corrected chi connectivity index (χ2v) is 4.86. The molecule has 17 heavy (non-hydrogen) atoms. The molecule has 2 heterocycles. The van der Waals surface area contributed by atoms with Gasteiger partial charge in [-0.1, -0.05) is 6.07 Å². The van der Waals surface area contributed by atoms with Crippen molar-refractivity contribution in [3.63, 3.8) is 0 Å². The molecule has 86 valence electrons. The topological polar surface area (TPSA) is 66.7 Å². The lowest BCUT2D eigenvalue weighted by Crippen LogP contribution is -2.01. The van der Waals surface area contributed by atoms with E-state index in [1.54, 1.807) is 17.5 Å². The average molecular weight is 244 g/mol. The molecular weight excluding hydrogens is 232 g/mol. The molecule has 0 bridgehead atoms. The summed E-state index contributed by atoms with van der Waals surface area (Å²) in [5.41, 5.74) is 8.66. The van der Waals surface area contributed by atoms with Crippen LogP contribution in [-0.4, -0.2) is 10.2 Å². The minimum absolute atomic E-state index is 0.746. The minimum atomic E-state index is 0.746. The van der Waals surface area contributed by atoms with Crippen LogP contribution in [-0.2, 0) is 6.54 Å². The summed E-state index contributed by atoms with van der Waals surface area (Å²) in [6.07, 6.45) is 1.77. The van der Waals surface area contributed by atoms with Crippen LogP contribution in [0.5, 0.6) is 0 Å². The summed E-state index contributed by atoms with van der Waals surface area (Å²) in [5.74, 6) is 0. The molecule has 3 aromatic rings. The summed E-state index contributed by atoms with van der Waals surface area (Å²) in [4.78, 5) is 1.29. The number of benzene rings is 1. The number of nitrogens with zero attached hydrogens (tertiary/aromatic N) is 1. The highest BCUT2D eigenvalue weighted by atomic mass is 32.1. The van der Waals surface area contributed by atoms with Crippen LogP contribution in [0.15, 0.2) is 35.8 Å². The molecule has 4 nitrogen and oxygen atoms in total. The third-order valence-electron chi connectivity index (χ3n) is 2.64. The molecular formula is C12H12N4S. The summed E-state index contributed by atoms with van der Waals surface area (Å²) in [5, 5.41) is 13.4. The number of nitrogens with two attached hydrogens (primary N) is 1. The Bertz CT molecular complexity index is 627. The number of anilines is 2. The number of aromatic nitrogens is 2. The van der Waals surface area contributed by atoms with Crippen LogP contribution < -0.4 is 11.1 Å². The maximum atomic E-state index is 5.98. The molecule has 0 saturated carbocycles. The second kappa shape index (κ2) is 4.10. The molecule has 0 atom stereocenters. The van der Waals surface area contributed by atoms with Gasteiger partial charge in [0.1, 0.15) is 0 Å². The number of rotatable bonds is 3. The second-order valence-electron chi connectivity index (χ2n) is 3.83. The monoisotopic (exact) mass is 244 g/mol. The predicted molar refractivity (Wildman–Crippen MR) is 72.2 cm³/mol. The van der Waals surface area contributed by atoms with E-state index in [1.807, 2.05) is 18.2 Å². The van der Waals surface area contributed by atoms with Gasteiger partial charge < -0.3 is 11.1 Å². The number of thiophene rings is 1. The molecule has 4 N–H and O–H groups in total. The van der Waals surface area contributed by atoms with Gasteiger partial charge in [-0.3, -0.25) is 5.10 Å². The fraction of sp³-hybridized carbons (Fsp3) is 0.0833. The molecule has 0 radical (unpaired) electrons. The van der Waals surface area contributed by atoms with Gasteiger partial charge in [0.15, 0.2) is 0 Å². The van der Waals surface area contributed by atoms with Crippen LogP contribution in [0, 0.1) is 0 Å². The Morgan fingerprint density at radius 3 is 3.18 bits per heavy atom. The predicted octanol–water partition coefficient (Wildman–Crippen LogP) is 2.82. The lowest BCUT2D eigenvalue weighted by molar-refractivity contribution is 1.12. The van der Waals surface area contributed by atoms with Crippen LogP contribution in [0.4, 0.5) is 11.4 Å². The lowest BCUT2D eigenvalue weighted by atomic mass is 10.2. The maximum absolute atomic E-state index is 5.98. The average Bonchev–Trinajstić information content (AvgIpc) is 2.95. The Hall–Kier alpha value is -2.01. The number of hydrogen-bond acceptors (Lipinski definition) is 4. The Kier molecular flexibility index (Phi) is 2.45. The van der Waals surface area contributed by atoms with Crippen LogP contribution in [0.1, 0.15) is 4.88 Å². The number of fused-ring (bicyclic) bond motifs is 1. The van der Waals surface area contributed by atoms with Crippen molar-refractivity contribution in [2.24, 2.45) is 0 Å². The van der Waals surface area contributed by atoms with Gasteiger partial charge in [-0.05, 0) is 23.6 Å². The maximum Gasteiger partial charge on any atom is 0.0672 e. The lowest BCUT2D eigenvalue weighted by Gasteiger charge is -2.08. The van der Waals surface area contributed by atoms with E-state index in [1.165, 1.54) is 4.88 Å². The highest BCUT2D eigenvalue weighted by molar-refractivity contribution is 7.09. The summed E-state index contributed by atoms with van der Waals surface area (Å²) in [6, 6.07) is 8.06. The Morgan fingerprint density at radius 1 is 1.41 bits per heavy atom. The Balaban J connectivity index is 1.86. The van der Waals surface area contributed by atoms with E-state index >= 15 is 0 Å². The molecule has 0 aliphatic heterocycles. The molecule has 0 aliphatic carbocycles. The van der Waals surface area contributed by atoms with E-state index in [2.05, 4.69) is 27.0 Å². The first-order chi connectivity index (χ1) is 8.33. The number of nitrogens with one attached hydrogen (secondary N) is 2. The quantitative estimate of drug-likeness (QED) is 0.621. The zero-order chi connectivity index (χ0) is 11.7. The van der Waals surface area contributed by atoms with Crippen molar-refractivity contribution >= 4 is 33.6 Å². The fourth-order valence-electron chi connectivity index (χ4n) is 1.76. The van der Waals surface area contributed by atoms with Crippen LogP contribution in [0.2, 0.25) is 0 Å². The molecule has 0 saturated heterocycles. The van der Waals surface area contributed by atoms with Gasteiger partial charge in [0.05, 0.1) is 23.1 Å². The summed E-state index contributed by atoms with van der Waals surface area (Å²) < 4.78 is 0. The molecule has 5 heteroatoms. The smallest absolute Gasteiger partial charge is 0.0672 e. The van der Waals surface area contributed by atoms with E-state index in [9.17, 15) is 0 Å². The number of H-pyrrole nitrogens is 1. The van der Waals surface area contributed by atoms with Crippen LogP contribution in [0.25, 0.3) is 10.9 Å². The fourth-order valence-corrected chi connectivity index (χ4v) is 2.40. The first-order valence-corrected chi connectivity index (χ1v) is 6.20. The largest absolute Gasteiger partial charge is 0.397 e. The highest BCUT2D eigenvalue weighted by Crippen LogP contribution is 2.25. The molecule has 1 aromatic carbocycles. The van der Waals surface area contributed by atoms with Crippen molar-refractivity contribution in [3.05, 3.63) is 40.7 Å². The molecule has 0 fully saturated rings. The minimum Gasteiger partial charge on any atom is -0.397 e. The molecule has 0 spiro atoms. The van der Waals surface area contributed by atoms with Gasteiger partial charge in [0, 0.05) is 16.8 Å². The van der Waals surface area contributed by atoms with E-state index in [4.69, 9.17) is 5.73 Å². The van der Waals surface area contributed by atoms with Crippen molar-refractivity contribution < 1.29 is 0 Å². The molecule has 0 unspecified atom stereocenters. The third-order valence-corrected chi connectivity index (χ3v) is 3.52. The Morgan fingerprint density at radius 2 is 2.35 bits per heavy atom. The van der Waals surface area contributed by atoms with Gasteiger partial charge in [0.2, 0.25) is 0 Å². The van der Waals surface area contributed by atoms with E-state index in [0.717, 1.165) is 28.8 Å². The first-order valence-electron chi connectivity index (χ1n) is 5.32. The van der Waals surface area contributed by atoms with Gasteiger partial charge in [-0.2, -0.15) is 5.10 Å². The van der Waals surface area contributed by atoms with Gasteiger partial charge in [0.25, 0.3) is 0 Å². The van der Waals surface area contributed by atoms with Crippen molar-refractivity contribution in [1.29, 1.82) is 0 Å². The number of hydrogen-bond donors (Lipinski definition) is 3. The Labute approximate surface area is 102 Å². The zero-order valence-corrected chi connectivity index (χ0v) is 9.92. The van der Waals surface area contributed by atoms with E-state index in [-0.39, 0.29) is 0 Å². The first kappa shape index (κ1) is 10.2. The van der Waals surface area contributed by atoms with Crippen molar-refractivity contribution in [1.82, 2.24) is 10.2 Å². The number of aromatic amines is 1. The van der Waals surface area contributed by atoms with E-state index < -0.39 is 0 Å². The highest BCUT2D eigenvalue weighted by Gasteiger charge is 2.03. The van der Waals surface area contributed by atoms with E-state index in [0.29, 0.717) is 0 Å². The molecule has 2 aromatic heterocycles. The van der Waals surface area contributed by atoms with Crippen LogP contribution in [0.3, 0.4) is 0 Å². The van der Waals surface area contributed by atoms with Crippen molar-refractivity contribution in [2.75, 3.05) is 11.1 Å². The van der Waals surface area contributed by atoms with Gasteiger partial charge in [-0.15, -0.1) is 11.3 Å². The third kappa shape index (κ3) is 1.97. The molecule has 0 amide bonds.